The number of rotatable bonds is 3. The number of hydrogen-bond donors (Lipinski definition) is 0. The molecule has 3 heteroatoms. The van der Waals surface area contributed by atoms with Crippen LogP contribution in [-0.2, 0) is 9.53 Å². The van der Waals surface area contributed by atoms with Crippen molar-refractivity contribution >= 4 is 18.1 Å². The molecule has 0 N–H and O–H groups in total. The normalized spacial score (nSPS) is 33.7. The van der Waals surface area contributed by atoms with Crippen LogP contribution in [-0.4, -0.2) is 12.6 Å². The Hall–Kier alpha value is -0.500. The molecular weight excluding hydrogens is 164 g/mol. The van der Waals surface area contributed by atoms with Crippen LogP contribution in [0, 0.1) is 11.3 Å². The molecule has 1 aliphatic carbocycles. The summed E-state index contributed by atoms with van der Waals surface area (Å²) >= 11 is 5.40. The molecule has 0 radical (unpaired) electrons. The van der Waals surface area contributed by atoms with Gasteiger partial charge in [0.15, 0.2) is 0 Å². The van der Waals surface area contributed by atoms with Gasteiger partial charge in [0.05, 0.1) is 0 Å². The Balaban J connectivity index is 2.52. The van der Waals surface area contributed by atoms with Gasteiger partial charge < -0.3 is 4.74 Å². The quantitative estimate of drug-likeness (QED) is 0.612. The van der Waals surface area contributed by atoms with E-state index in [4.69, 9.17) is 16.3 Å². The van der Waals surface area contributed by atoms with Crippen molar-refractivity contribution in [1.29, 1.82) is 0 Å². The number of halogens is 1. The molecule has 62 valence electrons. The lowest BCUT2D eigenvalue weighted by atomic mass is 10.1. The Labute approximate surface area is 71.2 Å². The van der Waals surface area contributed by atoms with E-state index in [9.17, 15) is 4.79 Å². The molecule has 0 aromatic rings. The molecular formula is C8H11ClO2. The van der Waals surface area contributed by atoms with Crippen LogP contribution in [0.25, 0.3) is 0 Å². The average molecular weight is 175 g/mol. The maximum absolute atomic E-state index is 10.0. The molecule has 1 saturated carbocycles. The van der Waals surface area contributed by atoms with Crippen molar-refractivity contribution in [3.05, 3.63) is 11.6 Å². The predicted octanol–water partition coefficient (Wildman–Crippen LogP) is 1.94. The number of carbonyl (C=O) groups excluding carboxylic acids is 1. The Morgan fingerprint density at radius 3 is 2.64 bits per heavy atom. The molecule has 1 rings (SSSR count). The summed E-state index contributed by atoms with van der Waals surface area (Å²) in [4.78, 5) is 10.0. The summed E-state index contributed by atoms with van der Waals surface area (Å²) in [5.41, 5.74) is 1.53. The Kier molecular flexibility index (Phi) is 2.23. The monoisotopic (exact) mass is 174 g/mol. The van der Waals surface area contributed by atoms with Crippen LogP contribution in [0.15, 0.2) is 11.6 Å². The fourth-order valence-corrected chi connectivity index (χ4v) is 1.53. The minimum atomic E-state index is 0.00926. The molecule has 1 aliphatic rings. The van der Waals surface area contributed by atoms with Crippen LogP contribution in [0.4, 0.5) is 0 Å². The molecule has 2 atom stereocenters. The van der Waals surface area contributed by atoms with E-state index >= 15 is 0 Å². The first-order chi connectivity index (χ1) is 5.14. The SMILES string of the molecule is CC1(C)C(/C=C/Cl)[C@H]1OC=O. The van der Waals surface area contributed by atoms with Gasteiger partial charge in [-0.25, -0.2) is 0 Å². The van der Waals surface area contributed by atoms with Crippen molar-refractivity contribution in [1.82, 2.24) is 0 Å². The molecule has 0 heterocycles. The maximum Gasteiger partial charge on any atom is 0.293 e. The lowest BCUT2D eigenvalue weighted by Crippen LogP contribution is -1.98. The Morgan fingerprint density at radius 2 is 2.18 bits per heavy atom. The van der Waals surface area contributed by atoms with Crippen molar-refractivity contribution in [2.24, 2.45) is 11.3 Å². The fraction of sp³-hybridized carbons (Fsp3) is 0.625. The summed E-state index contributed by atoms with van der Waals surface area (Å²) in [5.74, 6) is 0.283. The summed E-state index contributed by atoms with van der Waals surface area (Å²) in [7, 11) is 0. The molecule has 0 spiro atoms. The van der Waals surface area contributed by atoms with Crippen molar-refractivity contribution in [2.75, 3.05) is 0 Å². The molecule has 0 saturated heterocycles. The van der Waals surface area contributed by atoms with E-state index in [0.29, 0.717) is 6.47 Å². The van der Waals surface area contributed by atoms with Gasteiger partial charge in [0.2, 0.25) is 0 Å². The van der Waals surface area contributed by atoms with Crippen molar-refractivity contribution in [2.45, 2.75) is 20.0 Å². The minimum absolute atomic E-state index is 0.00926. The zero-order valence-corrected chi connectivity index (χ0v) is 7.34. The fourth-order valence-electron chi connectivity index (χ4n) is 1.38. The molecule has 0 aromatic carbocycles. The van der Waals surface area contributed by atoms with Gasteiger partial charge in [-0.1, -0.05) is 31.5 Å². The summed E-state index contributed by atoms with van der Waals surface area (Å²) < 4.78 is 4.84. The largest absolute Gasteiger partial charge is 0.463 e. The first kappa shape index (κ1) is 8.60. The lowest BCUT2D eigenvalue weighted by Gasteiger charge is -1.97. The highest BCUT2D eigenvalue weighted by atomic mass is 35.5. The molecule has 1 unspecified atom stereocenters. The number of hydrogen-bond acceptors (Lipinski definition) is 2. The van der Waals surface area contributed by atoms with Crippen molar-refractivity contribution in [3.8, 4) is 0 Å². The third-order valence-electron chi connectivity index (χ3n) is 2.29. The van der Waals surface area contributed by atoms with Crippen LogP contribution in [0.2, 0.25) is 0 Å². The van der Waals surface area contributed by atoms with E-state index < -0.39 is 0 Å². The van der Waals surface area contributed by atoms with Gasteiger partial charge in [-0.05, 0) is 0 Å². The van der Waals surface area contributed by atoms with Gasteiger partial charge in [0, 0.05) is 16.9 Å². The highest BCUT2D eigenvalue weighted by molar-refractivity contribution is 6.25. The van der Waals surface area contributed by atoms with E-state index in [1.165, 1.54) is 5.54 Å². The lowest BCUT2D eigenvalue weighted by molar-refractivity contribution is -0.130. The second kappa shape index (κ2) is 2.86. The van der Waals surface area contributed by atoms with Crippen LogP contribution < -0.4 is 0 Å². The third-order valence-corrected chi connectivity index (χ3v) is 2.44. The summed E-state index contributed by atoms with van der Waals surface area (Å²) in [6, 6.07) is 0. The number of ether oxygens (including phenoxy) is 1. The molecule has 0 amide bonds. The van der Waals surface area contributed by atoms with Crippen LogP contribution >= 0.6 is 11.6 Å². The Morgan fingerprint density at radius 1 is 1.55 bits per heavy atom. The first-order valence-corrected chi connectivity index (χ1v) is 3.94. The van der Waals surface area contributed by atoms with Crippen molar-refractivity contribution < 1.29 is 9.53 Å². The van der Waals surface area contributed by atoms with Gasteiger partial charge in [-0.3, -0.25) is 4.79 Å². The summed E-state index contributed by atoms with van der Waals surface area (Å²) in [5, 5.41) is 0. The Bertz CT molecular complexity index is 187. The van der Waals surface area contributed by atoms with E-state index in [1.807, 2.05) is 19.9 Å². The minimum Gasteiger partial charge on any atom is -0.463 e. The zero-order chi connectivity index (χ0) is 8.48. The molecule has 11 heavy (non-hydrogen) atoms. The van der Waals surface area contributed by atoms with Gasteiger partial charge in [-0.2, -0.15) is 0 Å². The first-order valence-electron chi connectivity index (χ1n) is 3.50. The standard InChI is InChI=1S/C8H11ClO2/c1-8(2)6(3-4-9)7(8)11-5-10/h3-7H,1-2H3/b4-3+/t6?,7-/m1/s1. The van der Waals surface area contributed by atoms with Crippen LogP contribution in [0.5, 0.6) is 0 Å². The second-order valence-electron chi connectivity index (χ2n) is 3.32. The van der Waals surface area contributed by atoms with E-state index in [2.05, 4.69) is 0 Å². The van der Waals surface area contributed by atoms with E-state index in [1.54, 1.807) is 0 Å². The average Bonchev–Trinajstić information content (AvgIpc) is 2.41. The predicted molar refractivity (Wildman–Crippen MR) is 43.2 cm³/mol. The zero-order valence-electron chi connectivity index (χ0n) is 6.58. The van der Waals surface area contributed by atoms with E-state index in [0.717, 1.165) is 0 Å². The van der Waals surface area contributed by atoms with E-state index in [-0.39, 0.29) is 17.4 Å². The third kappa shape index (κ3) is 1.41. The molecule has 1 fully saturated rings. The number of carbonyl (C=O) groups is 1. The maximum atomic E-state index is 10.0. The van der Waals surface area contributed by atoms with Gasteiger partial charge in [-0.15, -0.1) is 0 Å². The summed E-state index contributed by atoms with van der Waals surface area (Å²) in [6.07, 6.45) is 1.87. The van der Waals surface area contributed by atoms with Gasteiger partial charge in [0.25, 0.3) is 6.47 Å². The molecule has 2 nitrogen and oxygen atoms in total. The van der Waals surface area contributed by atoms with Crippen LogP contribution in [0.1, 0.15) is 13.8 Å². The highest BCUT2D eigenvalue weighted by Gasteiger charge is 2.58. The molecule has 0 aromatic heterocycles. The molecule has 0 bridgehead atoms. The summed E-state index contributed by atoms with van der Waals surface area (Å²) in [6.45, 7) is 4.58. The van der Waals surface area contributed by atoms with Crippen molar-refractivity contribution in [3.63, 3.8) is 0 Å². The second-order valence-corrected chi connectivity index (χ2v) is 3.57. The smallest absolute Gasteiger partial charge is 0.293 e. The van der Waals surface area contributed by atoms with Gasteiger partial charge >= 0.3 is 0 Å². The topological polar surface area (TPSA) is 26.3 Å². The van der Waals surface area contributed by atoms with Crippen LogP contribution in [0.3, 0.4) is 0 Å². The molecule has 0 aliphatic heterocycles. The highest BCUT2D eigenvalue weighted by Crippen LogP contribution is 2.54. The van der Waals surface area contributed by atoms with Gasteiger partial charge in [0.1, 0.15) is 6.10 Å².